The van der Waals surface area contributed by atoms with Crippen LogP contribution in [0, 0.1) is 11.8 Å². The minimum Gasteiger partial charge on any atom is -0.457 e. The summed E-state index contributed by atoms with van der Waals surface area (Å²) < 4.78 is 5.01. The van der Waals surface area contributed by atoms with Gasteiger partial charge in [0.1, 0.15) is 0 Å². The van der Waals surface area contributed by atoms with E-state index in [9.17, 15) is 19.2 Å². The third-order valence-corrected chi connectivity index (χ3v) is 5.19. The number of imide groups is 1. The first-order chi connectivity index (χ1) is 13.0. The summed E-state index contributed by atoms with van der Waals surface area (Å²) in [6.07, 6.45) is 5.76. The molecule has 0 radical (unpaired) electrons. The normalized spacial score (nSPS) is 21.3. The molecule has 1 aromatic carbocycles. The first-order valence-corrected chi connectivity index (χ1v) is 9.29. The van der Waals surface area contributed by atoms with E-state index in [4.69, 9.17) is 4.74 Å². The summed E-state index contributed by atoms with van der Waals surface area (Å²) >= 11 is 0. The van der Waals surface area contributed by atoms with Gasteiger partial charge in [-0.25, -0.2) is 0 Å². The number of hydrogen-bond donors (Lipinski definition) is 0. The molecule has 6 heteroatoms. The van der Waals surface area contributed by atoms with Gasteiger partial charge in [-0.2, -0.15) is 0 Å². The van der Waals surface area contributed by atoms with Crippen LogP contribution in [0.2, 0.25) is 0 Å². The first-order valence-electron chi connectivity index (χ1n) is 9.29. The minimum atomic E-state index is -0.595. The van der Waals surface area contributed by atoms with Crippen LogP contribution in [-0.4, -0.2) is 41.6 Å². The lowest BCUT2D eigenvalue weighted by Gasteiger charge is -2.14. The van der Waals surface area contributed by atoms with Gasteiger partial charge >= 0.3 is 5.97 Å². The molecular weight excluding hydrogens is 346 g/mol. The zero-order valence-corrected chi connectivity index (χ0v) is 15.3. The number of benzene rings is 1. The predicted molar refractivity (Wildman–Crippen MR) is 97.8 cm³/mol. The summed E-state index contributed by atoms with van der Waals surface area (Å²) in [5.41, 5.74) is 1.61. The van der Waals surface area contributed by atoms with Crippen LogP contribution in [0.5, 0.6) is 0 Å². The third-order valence-electron chi connectivity index (χ3n) is 5.19. The van der Waals surface area contributed by atoms with Crippen LogP contribution in [0.4, 0.5) is 0 Å². The standard InChI is InChI=1S/C21H23NO5/c1-2-14-7-9-15(10-8-14)18(23)13-27-19(24)11-12-22-20(25)16-5-3-4-6-17(16)21(22)26/h3-4,7-10,16-17H,2,5-6,11-13H2,1H3/t16-,17-/m1/s1. The number of allylic oxidation sites excluding steroid dienone is 2. The molecule has 2 amide bonds. The molecule has 3 rings (SSSR count). The fraction of sp³-hybridized carbons (Fsp3) is 0.429. The van der Waals surface area contributed by atoms with Gasteiger partial charge in [0.05, 0.1) is 18.3 Å². The monoisotopic (exact) mass is 369 g/mol. The van der Waals surface area contributed by atoms with Gasteiger partial charge in [-0.1, -0.05) is 43.3 Å². The van der Waals surface area contributed by atoms with Gasteiger partial charge in [0.15, 0.2) is 12.4 Å². The van der Waals surface area contributed by atoms with Gasteiger partial charge in [0.2, 0.25) is 11.8 Å². The number of aryl methyl sites for hydroxylation is 1. The average Bonchev–Trinajstić information content (AvgIpc) is 2.95. The number of esters is 1. The molecule has 1 aliphatic heterocycles. The molecule has 0 aromatic heterocycles. The number of carbonyl (C=O) groups is 4. The van der Waals surface area contributed by atoms with Crippen LogP contribution in [0.3, 0.4) is 0 Å². The Morgan fingerprint density at radius 3 is 2.19 bits per heavy atom. The van der Waals surface area contributed by atoms with Gasteiger partial charge in [0, 0.05) is 12.1 Å². The minimum absolute atomic E-state index is 0.00286. The Hall–Kier alpha value is -2.76. The number of amides is 2. The maximum Gasteiger partial charge on any atom is 0.308 e. The number of nitrogens with zero attached hydrogens (tertiary/aromatic N) is 1. The number of likely N-dealkylation sites (tertiary alicyclic amines) is 1. The van der Waals surface area contributed by atoms with E-state index in [-0.39, 0.29) is 49.0 Å². The molecule has 6 nitrogen and oxygen atoms in total. The van der Waals surface area contributed by atoms with Crippen molar-refractivity contribution in [2.45, 2.75) is 32.6 Å². The highest BCUT2D eigenvalue weighted by Crippen LogP contribution is 2.34. The summed E-state index contributed by atoms with van der Waals surface area (Å²) in [7, 11) is 0. The summed E-state index contributed by atoms with van der Waals surface area (Å²) in [5, 5.41) is 0. The molecule has 0 N–H and O–H groups in total. The van der Waals surface area contributed by atoms with Crippen molar-refractivity contribution >= 4 is 23.6 Å². The highest BCUT2D eigenvalue weighted by Gasteiger charge is 2.46. The SMILES string of the molecule is CCc1ccc(C(=O)COC(=O)CCN2C(=O)[C@@H]3CC=CC[C@H]3C2=O)cc1. The van der Waals surface area contributed by atoms with Crippen molar-refractivity contribution in [2.75, 3.05) is 13.2 Å². The maximum absolute atomic E-state index is 12.3. The molecule has 2 atom stereocenters. The Kier molecular flexibility index (Phi) is 5.84. The fourth-order valence-corrected chi connectivity index (χ4v) is 3.52. The molecule has 0 unspecified atom stereocenters. The van der Waals surface area contributed by atoms with E-state index < -0.39 is 5.97 Å². The fourth-order valence-electron chi connectivity index (χ4n) is 3.52. The van der Waals surface area contributed by atoms with Crippen molar-refractivity contribution in [3.05, 3.63) is 47.5 Å². The number of fused-ring (bicyclic) bond motifs is 1. The Labute approximate surface area is 158 Å². The van der Waals surface area contributed by atoms with Crippen molar-refractivity contribution in [3.8, 4) is 0 Å². The van der Waals surface area contributed by atoms with Crippen LogP contribution in [0.25, 0.3) is 0 Å². The van der Waals surface area contributed by atoms with Gasteiger partial charge < -0.3 is 4.74 Å². The summed E-state index contributed by atoms with van der Waals surface area (Å²) in [5.74, 6) is -1.90. The summed E-state index contributed by atoms with van der Waals surface area (Å²) in [6, 6.07) is 7.17. The predicted octanol–water partition coefficient (Wildman–Crippen LogP) is 2.32. The van der Waals surface area contributed by atoms with Crippen molar-refractivity contribution in [3.63, 3.8) is 0 Å². The number of ketones is 1. The number of rotatable bonds is 7. The molecular formula is C21H23NO5. The largest absolute Gasteiger partial charge is 0.457 e. The molecule has 27 heavy (non-hydrogen) atoms. The molecule has 1 saturated heterocycles. The molecule has 0 bridgehead atoms. The number of Topliss-reactive ketones (excluding diaryl/α,β-unsaturated/α-hetero) is 1. The second kappa shape index (κ2) is 8.29. The van der Waals surface area contributed by atoms with Crippen molar-refractivity contribution in [1.29, 1.82) is 0 Å². The van der Waals surface area contributed by atoms with E-state index in [0.717, 1.165) is 16.9 Å². The lowest BCUT2D eigenvalue weighted by molar-refractivity contribution is -0.145. The van der Waals surface area contributed by atoms with E-state index in [0.29, 0.717) is 18.4 Å². The first kappa shape index (κ1) is 19.0. The van der Waals surface area contributed by atoms with E-state index in [1.807, 2.05) is 31.2 Å². The highest BCUT2D eigenvalue weighted by molar-refractivity contribution is 6.05. The number of ether oxygens (including phenoxy) is 1. The van der Waals surface area contributed by atoms with E-state index in [1.54, 1.807) is 12.1 Å². The van der Waals surface area contributed by atoms with E-state index in [1.165, 1.54) is 0 Å². The molecule has 0 saturated carbocycles. The zero-order chi connectivity index (χ0) is 19.4. The summed E-state index contributed by atoms with van der Waals surface area (Å²) in [6.45, 7) is 1.68. The lowest BCUT2D eigenvalue weighted by atomic mass is 9.85. The molecule has 1 aliphatic carbocycles. The lowest BCUT2D eigenvalue weighted by Crippen LogP contribution is -2.33. The average molecular weight is 369 g/mol. The zero-order valence-electron chi connectivity index (χ0n) is 15.3. The van der Waals surface area contributed by atoms with E-state index >= 15 is 0 Å². The summed E-state index contributed by atoms with van der Waals surface area (Å²) in [4.78, 5) is 49.8. The molecule has 0 spiro atoms. The topological polar surface area (TPSA) is 80.8 Å². The van der Waals surface area contributed by atoms with Crippen molar-refractivity contribution < 1.29 is 23.9 Å². The molecule has 142 valence electrons. The highest BCUT2D eigenvalue weighted by atomic mass is 16.5. The third kappa shape index (κ3) is 4.15. The second-order valence-electron chi connectivity index (χ2n) is 6.87. The second-order valence-corrected chi connectivity index (χ2v) is 6.87. The van der Waals surface area contributed by atoms with Crippen LogP contribution in [0.15, 0.2) is 36.4 Å². The van der Waals surface area contributed by atoms with Gasteiger partial charge in [-0.05, 0) is 24.8 Å². The smallest absolute Gasteiger partial charge is 0.308 e. The number of hydrogen-bond acceptors (Lipinski definition) is 5. The number of carbonyl (C=O) groups excluding carboxylic acids is 4. The van der Waals surface area contributed by atoms with Crippen molar-refractivity contribution in [2.24, 2.45) is 11.8 Å². The molecule has 1 fully saturated rings. The quantitative estimate of drug-likeness (QED) is 0.319. The van der Waals surface area contributed by atoms with E-state index in [2.05, 4.69) is 0 Å². The molecule has 2 aliphatic rings. The molecule has 1 heterocycles. The van der Waals surface area contributed by atoms with Crippen LogP contribution in [0.1, 0.15) is 42.1 Å². The molecule has 1 aromatic rings. The Morgan fingerprint density at radius 2 is 1.63 bits per heavy atom. The maximum atomic E-state index is 12.3. The van der Waals surface area contributed by atoms with Crippen molar-refractivity contribution in [1.82, 2.24) is 4.90 Å². The Morgan fingerprint density at radius 1 is 1.04 bits per heavy atom. The van der Waals surface area contributed by atoms with Crippen LogP contribution < -0.4 is 0 Å². The van der Waals surface area contributed by atoms with Gasteiger partial charge in [-0.3, -0.25) is 24.1 Å². The van der Waals surface area contributed by atoms with Gasteiger partial charge in [0.25, 0.3) is 0 Å². The Bertz CT molecular complexity index is 754. The van der Waals surface area contributed by atoms with Crippen LogP contribution in [-0.2, 0) is 25.5 Å². The Balaban J connectivity index is 1.46. The van der Waals surface area contributed by atoms with Gasteiger partial charge in [-0.15, -0.1) is 0 Å². The van der Waals surface area contributed by atoms with Crippen LogP contribution >= 0.6 is 0 Å².